The van der Waals surface area contributed by atoms with Crippen LogP contribution in [-0.2, 0) is 6.54 Å². The summed E-state index contributed by atoms with van der Waals surface area (Å²) in [4.78, 5) is 0. The molecule has 1 unspecified atom stereocenters. The Morgan fingerprint density at radius 1 is 1.05 bits per heavy atom. The number of aliphatic hydroxyl groups is 1. The lowest BCUT2D eigenvalue weighted by atomic mass is 10.2. The van der Waals surface area contributed by atoms with Gasteiger partial charge >= 0.3 is 0 Å². The summed E-state index contributed by atoms with van der Waals surface area (Å²) in [5.74, 6) is 2.19. The summed E-state index contributed by atoms with van der Waals surface area (Å²) in [5.41, 5.74) is 1.16. The third-order valence-electron chi connectivity index (χ3n) is 3.73. The van der Waals surface area contributed by atoms with Crippen molar-refractivity contribution in [1.29, 1.82) is 0 Å². The summed E-state index contributed by atoms with van der Waals surface area (Å²) in [5, 5.41) is 13.1. The molecule has 3 rings (SSSR count). The highest BCUT2D eigenvalue weighted by Crippen LogP contribution is 2.32. The Morgan fingerprint density at radius 2 is 1.81 bits per heavy atom. The molecular formula is C18H21NO2. The van der Waals surface area contributed by atoms with E-state index >= 15 is 0 Å². The highest BCUT2D eigenvalue weighted by atomic mass is 16.5. The van der Waals surface area contributed by atoms with Gasteiger partial charge in [-0.25, -0.2) is 0 Å². The van der Waals surface area contributed by atoms with Crippen LogP contribution in [0.5, 0.6) is 11.5 Å². The van der Waals surface area contributed by atoms with Crippen LogP contribution < -0.4 is 10.1 Å². The molecule has 1 aliphatic rings. The largest absolute Gasteiger partial charge is 0.457 e. The normalized spacial score (nSPS) is 15.7. The van der Waals surface area contributed by atoms with Gasteiger partial charge in [0.1, 0.15) is 11.5 Å². The molecule has 0 aromatic heterocycles. The van der Waals surface area contributed by atoms with Crippen LogP contribution in [0.2, 0.25) is 0 Å². The van der Waals surface area contributed by atoms with Gasteiger partial charge in [0.15, 0.2) is 0 Å². The van der Waals surface area contributed by atoms with E-state index in [0.717, 1.165) is 23.6 Å². The molecule has 0 radical (unpaired) electrons. The molecule has 21 heavy (non-hydrogen) atoms. The van der Waals surface area contributed by atoms with Gasteiger partial charge in [-0.05, 0) is 48.6 Å². The van der Waals surface area contributed by atoms with Gasteiger partial charge in [-0.3, -0.25) is 0 Å². The second-order valence-electron chi connectivity index (χ2n) is 5.60. The summed E-state index contributed by atoms with van der Waals surface area (Å²) >= 11 is 0. The third-order valence-corrected chi connectivity index (χ3v) is 3.73. The number of aliphatic hydroxyl groups excluding tert-OH is 1. The van der Waals surface area contributed by atoms with E-state index in [-0.39, 0.29) is 6.10 Å². The summed E-state index contributed by atoms with van der Waals surface area (Å²) in [6.07, 6.45) is 2.14. The maximum Gasteiger partial charge on any atom is 0.127 e. The first-order valence-electron chi connectivity index (χ1n) is 7.52. The van der Waals surface area contributed by atoms with E-state index < -0.39 is 0 Å². The highest BCUT2D eigenvalue weighted by molar-refractivity contribution is 5.33. The van der Waals surface area contributed by atoms with Crippen LogP contribution in [0.15, 0.2) is 54.6 Å². The van der Waals surface area contributed by atoms with Crippen LogP contribution in [0, 0.1) is 5.92 Å². The third kappa shape index (κ3) is 4.31. The number of hydrogen-bond donors (Lipinski definition) is 2. The van der Waals surface area contributed by atoms with Crippen molar-refractivity contribution in [2.45, 2.75) is 25.5 Å². The molecule has 0 aliphatic heterocycles. The molecule has 110 valence electrons. The quantitative estimate of drug-likeness (QED) is 0.819. The smallest absolute Gasteiger partial charge is 0.127 e. The predicted molar refractivity (Wildman–Crippen MR) is 83.4 cm³/mol. The predicted octanol–water partition coefficient (Wildman–Crippen LogP) is 3.34. The summed E-state index contributed by atoms with van der Waals surface area (Å²) < 4.78 is 5.82. The van der Waals surface area contributed by atoms with E-state index in [4.69, 9.17) is 4.74 Å². The zero-order chi connectivity index (χ0) is 14.5. The van der Waals surface area contributed by atoms with Crippen LogP contribution in [0.3, 0.4) is 0 Å². The van der Waals surface area contributed by atoms with Crippen LogP contribution in [0.4, 0.5) is 0 Å². The minimum absolute atomic E-state index is 0.200. The molecule has 3 heteroatoms. The SMILES string of the molecule is OC(CNCc1cccc(Oc2ccccc2)c1)C1CC1. The molecule has 2 aromatic rings. The minimum atomic E-state index is -0.200. The number of rotatable bonds is 7. The van der Waals surface area contributed by atoms with Crippen molar-refractivity contribution >= 4 is 0 Å². The maximum absolute atomic E-state index is 9.83. The Bertz CT molecular complexity index is 566. The first-order valence-corrected chi connectivity index (χ1v) is 7.52. The molecule has 0 amide bonds. The van der Waals surface area contributed by atoms with Crippen molar-refractivity contribution < 1.29 is 9.84 Å². The number of hydrogen-bond acceptors (Lipinski definition) is 3. The molecule has 1 saturated carbocycles. The average Bonchev–Trinajstić information content (AvgIpc) is 3.33. The van der Waals surface area contributed by atoms with Gasteiger partial charge in [0, 0.05) is 13.1 Å². The van der Waals surface area contributed by atoms with Crippen LogP contribution in [0.25, 0.3) is 0 Å². The molecule has 3 nitrogen and oxygen atoms in total. The Morgan fingerprint density at radius 3 is 2.57 bits per heavy atom. The van der Waals surface area contributed by atoms with E-state index in [0.29, 0.717) is 12.5 Å². The molecule has 0 saturated heterocycles. The Kier molecular flexibility index (Phi) is 4.53. The molecule has 1 aliphatic carbocycles. The molecule has 0 heterocycles. The van der Waals surface area contributed by atoms with Crippen molar-refractivity contribution in [3.63, 3.8) is 0 Å². The topological polar surface area (TPSA) is 41.5 Å². The van der Waals surface area contributed by atoms with E-state index in [9.17, 15) is 5.11 Å². The Balaban J connectivity index is 1.53. The fraction of sp³-hybridized carbons (Fsp3) is 0.333. The molecule has 2 N–H and O–H groups in total. The highest BCUT2D eigenvalue weighted by Gasteiger charge is 2.28. The van der Waals surface area contributed by atoms with E-state index in [1.54, 1.807) is 0 Å². The standard InChI is InChI=1S/C18H21NO2/c20-18(15-9-10-15)13-19-12-14-5-4-8-17(11-14)21-16-6-2-1-3-7-16/h1-8,11,15,18-20H,9-10,12-13H2. The van der Waals surface area contributed by atoms with Gasteiger partial charge in [0.2, 0.25) is 0 Å². The second kappa shape index (κ2) is 6.74. The van der Waals surface area contributed by atoms with Crippen molar-refractivity contribution in [3.8, 4) is 11.5 Å². The van der Waals surface area contributed by atoms with Crippen molar-refractivity contribution in [2.75, 3.05) is 6.54 Å². The average molecular weight is 283 g/mol. The Labute approximate surface area is 125 Å². The summed E-state index contributed by atoms with van der Waals surface area (Å²) in [6.45, 7) is 1.41. The zero-order valence-corrected chi connectivity index (χ0v) is 12.0. The van der Waals surface area contributed by atoms with Gasteiger partial charge in [-0.15, -0.1) is 0 Å². The molecule has 1 fully saturated rings. The molecule has 0 spiro atoms. The number of ether oxygens (including phenoxy) is 1. The van der Waals surface area contributed by atoms with Crippen molar-refractivity contribution in [2.24, 2.45) is 5.92 Å². The van der Waals surface area contributed by atoms with Crippen LogP contribution >= 0.6 is 0 Å². The minimum Gasteiger partial charge on any atom is -0.457 e. The van der Waals surface area contributed by atoms with Gasteiger partial charge in [0.25, 0.3) is 0 Å². The molecule has 2 aromatic carbocycles. The first-order chi connectivity index (χ1) is 10.3. The first kappa shape index (κ1) is 14.1. The van der Waals surface area contributed by atoms with Gasteiger partial charge in [0.05, 0.1) is 6.10 Å². The summed E-state index contributed by atoms with van der Waals surface area (Å²) in [6, 6.07) is 17.8. The second-order valence-corrected chi connectivity index (χ2v) is 5.60. The van der Waals surface area contributed by atoms with Crippen LogP contribution in [-0.4, -0.2) is 17.8 Å². The van der Waals surface area contributed by atoms with E-state index in [1.165, 1.54) is 12.8 Å². The van der Waals surface area contributed by atoms with Crippen molar-refractivity contribution in [3.05, 3.63) is 60.2 Å². The fourth-order valence-corrected chi connectivity index (χ4v) is 2.36. The van der Waals surface area contributed by atoms with Crippen LogP contribution in [0.1, 0.15) is 18.4 Å². The maximum atomic E-state index is 9.83. The van der Waals surface area contributed by atoms with Gasteiger partial charge in [-0.1, -0.05) is 30.3 Å². The Hall–Kier alpha value is -1.84. The number of nitrogens with one attached hydrogen (secondary N) is 1. The zero-order valence-electron chi connectivity index (χ0n) is 12.0. The van der Waals surface area contributed by atoms with E-state index in [2.05, 4.69) is 11.4 Å². The van der Waals surface area contributed by atoms with E-state index in [1.807, 2.05) is 48.5 Å². The van der Waals surface area contributed by atoms with Gasteiger partial charge < -0.3 is 15.2 Å². The number of benzene rings is 2. The molecular weight excluding hydrogens is 262 g/mol. The number of para-hydroxylation sites is 1. The lowest BCUT2D eigenvalue weighted by Gasteiger charge is -2.11. The molecule has 0 bridgehead atoms. The summed E-state index contributed by atoms with van der Waals surface area (Å²) in [7, 11) is 0. The van der Waals surface area contributed by atoms with Crippen molar-refractivity contribution in [1.82, 2.24) is 5.32 Å². The molecule has 1 atom stereocenters. The lowest BCUT2D eigenvalue weighted by Crippen LogP contribution is -2.27. The van der Waals surface area contributed by atoms with Gasteiger partial charge in [-0.2, -0.15) is 0 Å². The lowest BCUT2D eigenvalue weighted by molar-refractivity contribution is 0.148. The monoisotopic (exact) mass is 283 g/mol. The fourth-order valence-electron chi connectivity index (χ4n) is 2.36.